The summed E-state index contributed by atoms with van der Waals surface area (Å²) in [5.74, 6) is 0.145. The quantitative estimate of drug-likeness (QED) is 0.761. The third-order valence-electron chi connectivity index (χ3n) is 4.00. The maximum absolute atomic E-state index is 13.1. The minimum atomic E-state index is -0.445. The summed E-state index contributed by atoms with van der Waals surface area (Å²) in [6.45, 7) is 2.56. The van der Waals surface area contributed by atoms with Crippen LogP contribution in [0.4, 0.5) is 10.1 Å². The number of ether oxygens (including phenoxy) is 1. The largest absolute Gasteiger partial charge is 0.494 e. The van der Waals surface area contributed by atoms with E-state index in [0.717, 1.165) is 11.3 Å². The van der Waals surface area contributed by atoms with Crippen molar-refractivity contribution in [2.24, 2.45) is 0 Å². The van der Waals surface area contributed by atoms with E-state index in [1.54, 1.807) is 0 Å². The first-order valence-electron chi connectivity index (χ1n) is 8.06. The Balaban J connectivity index is 1.60. The van der Waals surface area contributed by atoms with Crippen molar-refractivity contribution in [2.75, 3.05) is 11.9 Å². The first-order valence-corrected chi connectivity index (χ1v) is 8.44. The van der Waals surface area contributed by atoms with Crippen LogP contribution in [0.5, 0.6) is 5.75 Å². The fourth-order valence-electron chi connectivity index (χ4n) is 2.72. The molecule has 0 spiro atoms. The van der Waals surface area contributed by atoms with Crippen LogP contribution in [0.3, 0.4) is 0 Å². The summed E-state index contributed by atoms with van der Waals surface area (Å²) in [6.07, 6.45) is 0.582. The van der Waals surface area contributed by atoms with Crippen molar-refractivity contribution < 1.29 is 13.9 Å². The third-order valence-corrected chi connectivity index (χ3v) is 4.31. The Bertz CT molecular complexity index is 754. The highest BCUT2D eigenvalue weighted by Crippen LogP contribution is 2.26. The maximum Gasteiger partial charge on any atom is 0.242 e. The number of anilines is 1. The van der Waals surface area contributed by atoms with Gasteiger partial charge in [-0.25, -0.2) is 15.2 Å². The molecule has 3 N–H and O–H groups in total. The highest BCUT2D eigenvalue weighted by Gasteiger charge is 2.30. The standard InChI is InChI=1S/C18H19ClFN3O2/c1-2-25-13-6-3-11(4-7-13)16-10-17(23-22-16)18(24)21-15-8-5-12(20)9-14(15)19/h3-9,16-17,22-23H,2,10H2,1H3,(H,21,24). The highest BCUT2D eigenvalue weighted by molar-refractivity contribution is 6.33. The molecule has 2 aromatic carbocycles. The van der Waals surface area contributed by atoms with E-state index in [1.165, 1.54) is 18.2 Å². The molecule has 0 radical (unpaired) electrons. The minimum absolute atomic E-state index is 0.00937. The number of carbonyl (C=O) groups is 1. The molecule has 0 saturated carbocycles. The van der Waals surface area contributed by atoms with Gasteiger partial charge in [0.2, 0.25) is 5.91 Å². The van der Waals surface area contributed by atoms with Crippen molar-refractivity contribution in [1.29, 1.82) is 0 Å². The zero-order valence-corrected chi connectivity index (χ0v) is 14.4. The number of amides is 1. The summed E-state index contributed by atoms with van der Waals surface area (Å²) in [4.78, 5) is 12.4. The molecule has 2 aromatic rings. The molecule has 1 heterocycles. The van der Waals surface area contributed by atoms with Crippen LogP contribution in [-0.2, 0) is 4.79 Å². The molecule has 25 heavy (non-hydrogen) atoms. The lowest BCUT2D eigenvalue weighted by molar-refractivity contribution is -0.117. The first kappa shape index (κ1) is 17.7. The van der Waals surface area contributed by atoms with Gasteiger partial charge in [-0.3, -0.25) is 4.79 Å². The second-order valence-electron chi connectivity index (χ2n) is 5.75. The van der Waals surface area contributed by atoms with Crippen LogP contribution in [0.25, 0.3) is 0 Å². The normalized spacial score (nSPS) is 19.6. The van der Waals surface area contributed by atoms with Crippen molar-refractivity contribution in [2.45, 2.75) is 25.4 Å². The van der Waals surface area contributed by atoms with E-state index in [9.17, 15) is 9.18 Å². The van der Waals surface area contributed by atoms with Gasteiger partial charge in [-0.05, 0) is 49.2 Å². The van der Waals surface area contributed by atoms with E-state index in [0.29, 0.717) is 18.7 Å². The van der Waals surface area contributed by atoms with E-state index in [-0.39, 0.29) is 17.0 Å². The molecular formula is C18H19ClFN3O2. The zero-order chi connectivity index (χ0) is 17.8. The van der Waals surface area contributed by atoms with Crippen molar-refractivity contribution in [3.8, 4) is 5.75 Å². The van der Waals surface area contributed by atoms with Gasteiger partial charge < -0.3 is 10.1 Å². The summed E-state index contributed by atoms with van der Waals surface area (Å²) in [6, 6.07) is 11.2. The second-order valence-corrected chi connectivity index (χ2v) is 6.15. The lowest BCUT2D eigenvalue weighted by Gasteiger charge is -2.12. The monoisotopic (exact) mass is 363 g/mol. The van der Waals surface area contributed by atoms with E-state index >= 15 is 0 Å². The predicted molar refractivity (Wildman–Crippen MR) is 95.1 cm³/mol. The average Bonchev–Trinajstić information content (AvgIpc) is 3.08. The average molecular weight is 364 g/mol. The smallest absolute Gasteiger partial charge is 0.242 e. The van der Waals surface area contributed by atoms with Crippen LogP contribution < -0.4 is 20.9 Å². The van der Waals surface area contributed by atoms with Gasteiger partial charge in [-0.1, -0.05) is 23.7 Å². The molecule has 1 aliphatic rings. The third kappa shape index (κ3) is 4.28. The molecule has 2 atom stereocenters. The number of carbonyl (C=O) groups excluding carboxylic acids is 1. The molecule has 7 heteroatoms. The second kappa shape index (κ2) is 7.82. The molecular weight excluding hydrogens is 345 g/mol. The molecule has 5 nitrogen and oxygen atoms in total. The molecule has 0 bridgehead atoms. The Morgan fingerprint density at radius 3 is 2.72 bits per heavy atom. The number of hydrogen-bond donors (Lipinski definition) is 3. The number of hydrogen-bond acceptors (Lipinski definition) is 4. The summed E-state index contributed by atoms with van der Waals surface area (Å²) in [7, 11) is 0. The van der Waals surface area contributed by atoms with Crippen LogP contribution in [0.15, 0.2) is 42.5 Å². The summed E-state index contributed by atoms with van der Waals surface area (Å²) in [5, 5.41) is 2.89. The number of nitrogens with one attached hydrogen (secondary N) is 3. The van der Waals surface area contributed by atoms with E-state index < -0.39 is 11.9 Å². The van der Waals surface area contributed by atoms with Crippen molar-refractivity contribution in [1.82, 2.24) is 10.9 Å². The van der Waals surface area contributed by atoms with Crippen LogP contribution in [-0.4, -0.2) is 18.6 Å². The first-order chi connectivity index (χ1) is 12.1. The van der Waals surface area contributed by atoms with E-state index in [4.69, 9.17) is 16.3 Å². The van der Waals surface area contributed by atoms with E-state index in [2.05, 4.69) is 16.2 Å². The fourth-order valence-corrected chi connectivity index (χ4v) is 2.93. The topological polar surface area (TPSA) is 62.4 Å². The van der Waals surface area contributed by atoms with Crippen LogP contribution in [0.1, 0.15) is 24.9 Å². The molecule has 3 rings (SSSR count). The van der Waals surface area contributed by atoms with Gasteiger partial charge in [0, 0.05) is 6.04 Å². The van der Waals surface area contributed by atoms with Gasteiger partial charge >= 0.3 is 0 Å². The van der Waals surface area contributed by atoms with Crippen molar-refractivity contribution >= 4 is 23.2 Å². The lowest BCUT2D eigenvalue weighted by Crippen LogP contribution is -2.39. The molecule has 0 aliphatic carbocycles. The molecule has 1 amide bonds. The minimum Gasteiger partial charge on any atom is -0.494 e. The summed E-state index contributed by atoms with van der Waals surface area (Å²) in [5.41, 5.74) is 7.56. The Morgan fingerprint density at radius 1 is 1.28 bits per heavy atom. The lowest BCUT2D eigenvalue weighted by atomic mass is 10.0. The highest BCUT2D eigenvalue weighted by atomic mass is 35.5. The van der Waals surface area contributed by atoms with Crippen LogP contribution in [0.2, 0.25) is 5.02 Å². The molecule has 2 unspecified atom stereocenters. The van der Waals surface area contributed by atoms with Gasteiger partial charge in [0.05, 0.1) is 17.3 Å². The Labute approximate surface area is 150 Å². The van der Waals surface area contributed by atoms with Gasteiger partial charge in [-0.2, -0.15) is 0 Å². The molecule has 1 aliphatic heterocycles. The number of hydrazine groups is 1. The number of rotatable bonds is 5. The predicted octanol–water partition coefficient (Wildman–Crippen LogP) is 3.42. The number of halogens is 2. The van der Waals surface area contributed by atoms with Crippen LogP contribution in [0, 0.1) is 5.82 Å². The molecule has 1 saturated heterocycles. The Hall–Kier alpha value is -2.15. The molecule has 1 fully saturated rings. The van der Waals surface area contributed by atoms with Gasteiger partial charge in [-0.15, -0.1) is 0 Å². The van der Waals surface area contributed by atoms with Crippen molar-refractivity contribution in [3.05, 3.63) is 58.9 Å². The molecule has 132 valence electrons. The van der Waals surface area contributed by atoms with Crippen LogP contribution >= 0.6 is 11.6 Å². The summed E-state index contributed by atoms with van der Waals surface area (Å²) >= 11 is 5.94. The zero-order valence-electron chi connectivity index (χ0n) is 13.7. The SMILES string of the molecule is CCOc1ccc(C2CC(C(=O)Nc3ccc(F)cc3Cl)NN2)cc1. The van der Waals surface area contributed by atoms with Gasteiger partial charge in [0.15, 0.2) is 0 Å². The fraction of sp³-hybridized carbons (Fsp3) is 0.278. The van der Waals surface area contributed by atoms with Crippen molar-refractivity contribution in [3.63, 3.8) is 0 Å². The van der Waals surface area contributed by atoms with Gasteiger partial charge in [0.1, 0.15) is 17.6 Å². The Morgan fingerprint density at radius 2 is 2.04 bits per heavy atom. The maximum atomic E-state index is 13.1. The number of benzene rings is 2. The molecule has 0 aromatic heterocycles. The van der Waals surface area contributed by atoms with E-state index in [1.807, 2.05) is 31.2 Å². The summed E-state index contributed by atoms with van der Waals surface area (Å²) < 4.78 is 18.5. The van der Waals surface area contributed by atoms with Gasteiger partial charge in [0.25, 0.3) is 0 Å². The Kier molecular flexibility index (Phi) is 5.53.